The zero-order valence-corrected chi connectivity index (χ0v) is 12.9. The number of aliphatic hydroxyl groups excluding tert-OH is 1. The first kappa shape index (κ1) is 15.0. The van der Waals surface area contributed by atoms with Crippen LogP contribution < -0.4 is 0 Å². The zero-order valence-electron chi connectivity index (χ0n) is 12.9. The lowest BCUT2D eigenvalue weighted by molar-refractivity contribution is -0.131. The van der Waals surface area contributed by atoms with Crippen molar-refractivity contribution in [2.24, 2.45) is 5.41 Å². The Morgan fingerprint density at radius 1 is 1.30 bits per heavy atom. The number of aliphatic hydroxyl groups is 1. The molecule has 1 atom stereocenters. The number of rotatable bonds is 3. The molecule has 0 aromatic heterocycles. The van der Waals surface area contributed by atoms with Crippen molar-refractivity contribution in [1.82, 2.24) is 4.90 Å². The van der Waals surface area contributed by atoms with Gasteiger partial charge in [-0.2, -0.15) is 0 Å². The Morgan fingerprint density at radius 2 is 1.95 bits per heavy atom. The number of carbonyl (C=O) groups excluding carboxylic acids is 1. The molecular weight excluding hydrogens is 250 g/mol. The average Bonchev–Trinajstić information content (AvgIpc) is 2.79. The average molecular weight is 275 g/mol. The minimum absolute atomic E-state index is 0.176. The van der Waals surface area contributed by atoms with Gasteiger partial charge in [-0.05, 0) is 28.5 Å². The van der Waals surface area contributed by atoms with Gasteiger partial charge in [0.25, 0.3) is 0 Å². The summed E-state index contributed by atoms with van der Waals surface area (Å²) in [5.41, 5.74) is 3.15. The van der Waals surface area contributed by atoms with Crippen molar-refractivity contribution >= 4 is 5.91 Å². The second-order valence-electron chi connectivity index (χ2n) is 6.80. The van der Waals surface area contributed by atoms with Crippen LogP contribution in [-0.4, -0.2) is 15.9 Å². The van der Waals surface area contributed by atoms with Crippen LogP contribution in [0.4, 0.5) is 0 Å². The van der Waals surface area contributed by atoms with Crippen LogP contribution in [0, 0.1) is 5.41 Å². The smallest absolute Gasteiger partial charge is 0.223 e. The van der Waals surface area contributed by atoms with Gasteiger partial charge in [0.05, 0.1) is 6.10 Å². The van der Waals surface area contributed by atoms with Gasteiger partial charge >= 0.3 is 0 Å². The summed E-state index contributed by atoms with van der Waals surface area (Å²) < 4.78 is 0. The van der Waals surface area contributed by atoms with Gasteiger partial charge < -0.3 is 10.0 Å². The minimum atomic E-state index is -0.479. The van der Waals surface area contributed by atoms with Crippen LogP contribution >= 0.6 is 0 Å². The van der Waals surface area contributed by atoms with E-state index in [4.69, 9.17) is 0 Å². The summed E-state index contributed by atoms with van der Waals surface area (Å²) in [7, 11) is 0. The molecule has 1 amide bonds. The highest BCUT2D eigenvalue weighted by Crippen LogP contribution is 2.35. The highest BCUT2D eigenvalue weighted by molar-refractivity contribution is 5.76. The van der Waals surface area contributed by atoms with Gasteiger partial charge in [0.2, 0.25) is 5.91 Å². The summed E-state index contributed by atoms with van der Waals surface area (Å²) in [5, 5.41) is 10.4. The van der Waals surface area contributed by atoms with Gasteiger partial charge in [0.15, 0.2) is 0 Å². The van der Waals surface area contributed by atoms with Crippen molar-refractivity contribution in [3.05, 3.63) is 34.9 Å². The molecule has 110 valence electrons. The van der Waals surface area contributed by atoms with Crippen molar-refractivity contribution in [2.75, 3.05) is 0 Å². The monoisotopic (exact) mass is 275 g/mol. The number of benzene rings is 1. The second kappa shape index (κ2) is 5.57. The van der Waals surface area contributed by atoms with E-state index in [1.54, 1.807) is 0 Å². The summed E-state index contributed by atoms with van der Waals surface area (Å²) in [6, 6.07) is 6.10. The molecule has 0 fully saturated rings. The molecule has 0 spiro atoms. The van der Waals surface area contributed by atoms with Crippen molar-refractivity contribution in [3.8, 4) is 0 Å². The van der Waals surface area contributed by atoms with Gasteiger partial charge in [-0.3, -0.25) is 4.79 Å². The zero-order chi connectivity index (χ0) is 14.9. The fourth-order valence-corrected chi connectivity index (χ4v) is 2.63. The largest absolute Gasteiger partial charge is 0.388 e. The Labute approximate surface area is 121 Å². The summed E-state index contributed by atoms with van der Waals surface area (Å²) in [5.74, 6) is 0.224. The number of amides is 1. The third-order valence-corrected chi connectivity index (χ3v) is 3.91. The third-order valence-electron chi connectivity index (χ3n) is 3.91. The van der Waals surface area contributed by atoms with E-state index in [1.165, 1.54) is 11.1 Å². The van der Waals surface area contributed by atoms with Crippen LogP contribution in [0.3, 0.4) is 0 Å². The number of nitrogens with zero attached hydrogens (tertiary/aromatic N) is 1. The molecule has 3 heteroatoms. The number of fused-ring (bicyclic) bond motifs is 1. The summed E-state index contributed by atoms with van der Waals surface area (Å²) in [4.78, 5) is 13.9. The van der Waals surface area contributed by atoms with E-state index in [2.05, 4.69) is 12.1 Å². The Kier molecular flexibility index (Phi) is 4.19. The van der Waals surface area contributed by atoms with E-state index < -0.39 is 6.10 Å². The van der Waals surface area contributed by atoms with E-state index in [1.807, 2.05) is 38.7 Å². The Morgan fingerprint density at radius 3 is 2.55 bits per heavy atom. The lowest BCUT2D eigenvalue weighted by atomic mass is 9.84. The van der Waals surface area contributed by atoms with E-state index in [-0.39, 0.29) is 11.3 Å². The number of hydrogen-bond donors (Lipinski definition) is 1. The van der Waals surface area contributed by atoms with Crippen LogP contribution in [0.25, 0.3) is 0 Å². The first-order valence-electron chi connectivity index (χ1n) is 7.40. The molecule has 0 saturated heterocycles. The van der Waals surface area contributed by atoms with Gasteiger partial charge in [0, 0.05) is 19.5 Å². The van der Waals surface area contributed by atoms with Crippen molar-refractivity contribution in [1.29, 1.82) is 0 Å². The molecule has 20 heavy (non-hydrogen) atoms. The van der Waals surface area contributed by atoms with E-state index in [0.29, 0.717) is 19.5 Å². The molecule has 1 N–H and O–H groups in total. The maximum atomic E-state index is 12.0. The van der Waals surface area contributed by atoms with Gasteiger partial charge in [-0.25, -0.2) is 0 Å². The van der Waals surface area contributed by atoms with Crippen molar-refractivity contribution < 1.29 is 9.90 Å². The van der Waals surface area contributed by atoms with Gasteiger partial charge in [-0.1, -0.05) is 45.9 Å². The predicted molar refractivity (Wildman–Crippen MR) is 80.0 cm³/mol. The van der Waals surface area contributed by atoms with Gasteiger partial charge in [0.1, 0.15) is 0 Å². The fraction of sp³-hybridized carbons (Fsp3) is 0.588. The van der Waals surface area contributed by atoms with Crippen LogP contribution in [0.1, 0.15) is 63.3 Å². The van der Waals surface area contributed by atoms with E-state index >= 15 is 0 Å². The van der Waals surface area contributed by atoms with Crippen LogP contribution in [0.5, 0.6) is 0 Å². The standard InChI is InChI=1S/C17H25NO2/c1-5-6-15(19)18-10-13-8-7-12(9-14(13)11-18)16(20)17(2,3)4/h7-9,16,20H,5-6,10-11H2,1-4H3. The topological polar surface area (TPSA) is 40.5 Å². The molecule has 1 aromatic rings. The molecule has 0 bridgehead atoms. The molecule has 2 rings (SSSR count). The first-order chi connectivity index (χ1) is 9.32. The third kappa shape index (κ3) is 3.04. The number of carbonyl (C=O) groups is 1. The molecule has 1 heterocycles. The first-order valence-corrected chi connectivity index (χ1v) is 7.40. The molecule has 1 aliphatic heterocycles. The minimum Gasteiger partial charge on any atom is -0.388 e. The van der Waals surface area contributed by atoms with E-state index in [9.17, 15) is 9.90 Å². The second-order valence-corrected chi connectivity index (χ2v) is 6.80. The fourth-order valence-electron chi connectivity index (χ4n) is 2.63. The van der Waals surface area contributed by atoms with Crippen LogP contribution in [-0.2, 0) is 17.9 Å². The Hall–Kier alpha value is -1.35. The lowest BCUT2D eigenvalue weighted by Crippen LogP contribution is -2.24. The molecular formula is C17H25NO2. The molecule has 1 aliphatic rings. The SMILES string of the molecule is CCCC(=O)N1Cc2ccc(C(O)C(C)(C)C)cc2C1. The molecule has 1 unspecified atom stereocenters. The summed E-state index contributed by atoms with van der Waals surface area (Å²) in [6.07, 6.45) is 1.03. The maximum absolute atomic E-state index is 12.0. The van der Waals surface area contributed by atoms with Crippen LogP contribution in [0.2, 0.25) is 0 Å². The lowest BCUT2D eigenvalue weighted by Gasteiger charge is -2.26. The summed E-state index contributed by atoms with van der Waals surface area (Å²) >= 11 is 0. The van der Waals surface area contributed by atoms with Crippen molar-refractivity contribution in [3.63, 3.8) is 0 Å². The van der Waals surface area contributed by atoms with Crippen molar-refractivity contribution in [2.45, 2.75) is 59.7 Å². The highest BCUT2D eigenvalue weighted by Gasteiger charge is 2.27. The molecule has 3 nitrogen and oxygen atoms in total. The van der Waals surface area contributed by atoms with Gasteiger partial charge in [-0.15, -0.1) is 0 Å². The Bertz CT molecular complexity index is 502. The van der Waals surface area contributed by atoms with E-state index in [0.717, 1.165) is 12.0 Å². The predicted octanol–water partition coefficient (Wildman–Crippen LogP) is 3.41. The molecule has 0 aliphatic carbocycles. The normalized spacial score (nSPS) is 16.1. The highest BCUT2D eigenvalue weighted by atomic mass is 16.3. The number of hydrogen-bond acceptors (Lipinski definition) is 2. The Balaban J connectivity index is 2.17. The maximum Gasteiger partial charge on any atom is 0.223 e. The molecule has 0 radical (unpaired) electrons. The van der Waals surface area contributed by atoms with Crippen LogP contribution in [0.15, 0.2) is 18.2 Å². The summed E-state index contributed by atoms with van der Waals surface area (Å²) in [6.45, 7) is 9.50. The quantitative estimate of drug-likeness (QED) is 0.918. The molecule has 0 saturated carbocycles. The molecule has 1 aromatic carbocycles.